The summed E-state index contributed by atoms with van der Waals surface area (Å²) in [7, 11) is 0. The molecule has 1 aromatic rings. The molecule has 1 rings (SSSR count). The molecule has 0 saturated carbocycles. The Morgan fingerprint density at radius 3 is 2.36 bits per heavy atom. The van der Waals surface area contributed by atoms with Gasteiger partial charge in [0.05, 0.1) is 31.7 Å². The van der Waals surface area contributed by atoms with Crippen molar-refractivity contribution >= 4 is 17.8 Å². The summed E-state index contributed by atoms with van der Waals surface area (Å²) < 4.78 is 4.95. The number of hydrogen-bond donors (Lipinski definition) is 3. The van der Waals surface area contributed by atoms with Crippen LogP contribution in [0, 0.1) is 5.92 Å². The van der Waals surface area contributed by atoms with E-state index in [0.717, 1.165) is 5.56 Å². The molecule has 0 spiro atoms. The first kappa shape index (κ1) is 20.6. The van der Waals surface area contributed by atoms with Crippen LogP contribution in [0.5, 0.6) is 0 Å². The molecular formula is C18H27N3O4. The van der Waals surface area contributed by atoms with Crippen LogP contribution in [-0.4, -0.2) is 37.0 Å². The largest absolute Gasteiger partial charge is 0.466 e. The van der Waals surface area contributed by atoms with Gasteiger partial charge in [0.15, 0.2) is 0 Å². The van der Waals surface area contributed by atoms with E-state index in [1.54, 1.807) is 6.92 Å². The predicted octanol–water partition coefficient (Wildman–Crippen LogP) is 0.897. The molecule has 7 heteroatoms. The average molecular weight is 349 g/mol. The number of rotatable bonds is 9. The number of benzene rings is 1. The summed E-state index contributed by atoms with van der Waals surface area (Å²) in [6, 6.07) is 7.93. The maximum atomic E-state index is 12.1. The van der Waals surface area contributed by atoms with Gasteiger partial charge in [-0.25, -0.2) is 0 Å². The lowest BCUT2D eigenvalue weighted by atomic mass is 10.0. The number of carbonyl (C=O) groups is 3. The topological polar surface area (TPSA) is 111 Å². The lowest BCUT2D eigenvalue weighted by Crippen LogP contribution is -2.47. The van der Waals surface area contributed by atoms with Gasteiger partial charge in [-0.1, -0.05) is 44.2 Å². The Balaban J connectivity index is 2.66. The van der Waals surface area contributed by atoms with Crippen molar-refractivity contribution in [1.29, 1.82) is 0 Å². The Bertz CT molecular complexity index is 575. The molecule has 2 atom stereocenters. The van der Waals surface area contributed by atoms with Crippen molar-refractivity contribution in [2.24, 2.45) is 11.7 Å². The van der Waals surface area contributed by atoms with Crippen molar-refractivity contribution in [2.75, 3.05) is 13.2 Å². The fraction of sp³-hybridized carbons (Fsp3) is 0.500. The lowest BCUT2D eigenvalue weighted by molar-refractivity contribution is -0.144. The van der Waals surface area contributed by atoms with E-state index in [1.165, 1.54) is 0 Å². The third-order valence-corrected chi connectivity index (χ3v) is 3.66. The molecule has 25 heavy (non-hydrogen) atoms. The van der Waals surface area contributed by atoms with Crippen LogP contribution in [-0.2, 0) is 19.1 Å². The molecule has 0 bridgehead atoms. The standard InChI is InChI=1S/C18H27N3O4/c1-4-25-16(23)10-14(13-8-6-5-7-9-13)21-15(22)11-20-18(24)17(19)12(2)3/h5-9,12,14,17H,4,10-11,19H2,1-3H3,(H,20,24)(H,21,22)/t14?,17-/m0/s1. The van der Waals surface area contributed by atoms with Gasteiger partial charge in [-0.15, -0.1) is 0 Å². The number of nitrogens with one attached hydrogen (secondary N) is 2. The summed E-state index contributed by atoms with van der Waals surface area (Å²) in [4.78, 5) is 35.7. The van der Waals surface area contributed by atoms with Crippen LogP contribution in [0.15, 0.2) is 30.3 Å². The summed E-state index contributed by atoms with van der Waals surface area (Å²) in [6.07, 6.45) is 0.0169. The number of nitrogens with two attached hydrogens (primary N) is 1. The van der Waals surface area contributed by atoms with Crippen LogP contribution in [0.1, 0.15) is 38.8 Å². The number of carbonyl (C=O) groups excluding carboxylic acids is 3. The fourth-order valence-electron chi connectivity index (χ4n) is 2.16. The van der Waals surface area contributed by atoms with Crippen LogP contribution in [0.3, 0.4) is 0 Å². The van der Waals surface area contributed by atoms with Gasteiger partial charge in [-0.2, -0.15) is 0 Å². The number of hydrogen-bond acceptors (Lipinski definition) is 5. The zero-order valence-electron chi connectivity index (χ0n) is 15.0. The Morgan fingerprint density at radius 1 is 1.16 bits per heavy atom. The minimum atomic E-state index is -0.669. The van der Waals surface area contributed by atoms with Crippen molar-refractivity contribution in [3.63, 3.8) is 0 Å². The zero-order valence-corrected chi connectivity index (χ0v) is 15.0. The summed E-state index contributed by atoms with van der Waals surface area (Å²) in [6.45, 7) is 5.45. The third-order valence-electron chi connectivity index (χ3n) is 3.66. The van der Waals surface area contributed by atoms with Crippen molar-refractivity contribution in [2.45, 2.75) is 39.3 Å². The van der Waals surface area contributed by atoms with E-state index in [9.17, 15) is 14.4 Å². The minimum absolute atomic E-state index is 0.0169. The molecule has 2 amide bonds. The maximum absolute atomic E-state index is 12.1. The van der Waals surface area contributed by atoms with Crippen LogP contribution in [0.2, 0.25) is 0 Å². The Kier molecular flexibility index (Phi) is 8.63. The van der Waals surface area contributed by atoms with Crippen LogP contribution < -0.4 is 16.4 Å². The number of esters is 1. The number of amides is 2. The van der Waals surface area contributed by atoms with Gasteiger partial charge < -0.3 is 21.1 Å². The third kappa shape index (κ3) is 7.34. The van der Waals surface area contributed by atoms with E-state index < -0.39 is 24.0 Å². The smallest absolute Gasteiger partial charge is 0.308 e. The van der Waals surface area contributed by atoms with Gasteiger partial charge in [-0.3, -0.25) is 14.4 Å². The highest BCUT2D eigenvalue weighted by Gasteiger charge is 2.21. The molecular weight excluding hydrogens is 322 g/mol. The molecule has 7 nitrogen and oxygen atoms in total. The quantitative estimate of drug-likeness (QED) is 0.574. The van der Waals surface area contributed by atoms with Crippen LogP contribution in [0.4, 0.5) is 0 Å². The summed E-state index contributed by atoms with van der Waals surface area (Å²) in [5, 5.41) is 5.26. The molecule has 0 aliphatic rings. The first-order valence-electron chi connectivity index (χ1n) is 8.38. The molecule has 0 radical (unpaired) electrons. The number of ether oxygens (including phenoxy) is 1. The van der Waals surface area contributed by atoms with Crippen LogP contribution in [0.25, 0.3) is 0 Å². The second-order valence-corrected chi connectivity index (χ2v) is 6.03. The van der Waals surface area contributed by atoms with Gasteiger partial charge in [0, 0.05) is 0 Å². The molecule has 138 valence electrons. The summed E-state index contributed by atoms with van der Waals surface area (Å²) in [5.74, 6) is -1.21. The lowest BCUT2D eigenvalue weighted by Gasteiger charge is -2.19. The molecule has 0 heterocycles. The maximum Gasteiger partial charge on any atom is 0.308 e. The molecule has 4 N–H and O–H groups in total. The summed E-state index contributed by atoms with van der Waals surface area (Å²) in [5.41, 5.74) is 6.52. The van der Waals surface area contributed by atoms with E-state index in [2.05, 4.69) is 10.6 Å². The van der Waals surface area contributed by atoms with Crippen molar-refractivity contribution in [1.82, 2.24) is 10.6 Å². The van der Waals surface area contributed by atoms with Crippen molar-refractivity contribution in [3.8, 4) is 0 Å². The van der Waals surface area contributed by atoms with Gasteiger partial charge in [-0.05, 0) is 18.4 Å². The van der Waals surface area contributed by atoms with Gasteiger partial charge >= 0.3 is 5.97 Å². The highest BCUT2D eigenvalue weighted by Crippen LogP contribution is 2.17. The van der Waals surface area contributed by atoms with E-state index in [4.69, 9.17) is 10.5 Å². The Labute approximate surface area is 148 Å². The molecule has 0 fully saturated rings. The van der Waals surface area contributed by atoms with Crippen molar-refractivity contribution < 1.29 is 19.1 Å². The molecule has 0 aliphatic heterocycles. The molecule has 0 aliphatic carbocycles. The second kappa shape index (κ2) is 10.5. The highest BCUT2D eigenvalue weighted by molar-refractivity contribution is 5.87. The van der Waals surface area contributed by atoms with E-state index in [1.807, 2.05) is 44.2 Å². The summed E-state index contributed by atoms with van der Waals surface area (Å²) >= 11 is 0. The van der Waals surface area contributed by atoms with E-state index >= 15 is 0 Å². The van der Waals surface area contributed by atoms with E-state index in [0.29, 0.717) is 0 Å². The molecule has 1 aromatic carbocycles. The fourth-order valence-corrected chi connectivity index (χ4v) is 2.16. The van der Waals surface area contributed by atoms with Crippen molar-refractivity contribution in [3.05, 3.63) is 35.9 Å². The zero-order chi connectivity index (χ0) is 18.8. The van der Waals surface area contributed by atoms with Gasteiger partial charge in [0.2, 0.25) is 11.8 Å². The normalized spacial score (nSPS) is 13.0. The van der Waals surface area contributed by atoms with E-state index in [-0.39, 0.29) is 31.4 Å². The first-order valence-corrected chi connectivity index (χ1v) is 8.38. The monoisotopic (exact) mass is 349 g/mol. The molecule has 1 unspecified atom stereocenters. The predicted molar refractivity (Wildman–Crippen MR) is 94.4 cm³/mol. The highest BCUT2D eigenvalue weighted by atomic mass is 16.5. The minimum Gasteiger partial charge on any atom is -0.466 e. The van der Waals surface area contributed by atoms with Gasteiger partial charge in [0.1, 0.15) is 0 Å². The Hall–Kier alpha value is -2.41. The second-order valence-electron chi connectivity index (χ2n) is 6.03. The molecule has 0 saturated heterocycles. The molecule has 0 aromatic heterocycles. The first-order chi connectivity index (χ1) is 11.8. The van der Waals surface area contributed by atoms with Gasteiger partial charge in [0.25, 0.3) is 0 Å². The Morgan fingerprint density at radius 2 is 1.80 bits per heavy atom. The van der Waals surface area contributed by atoms with Crippen LogP contribution >= 0.6 is 0 Å². The average Bonchev–Trinajstić information content (AvgIpc) is 2.59. The SMILES string of the molecule is CCOC(=O)CC(NC(=O)CNC(=O)[C@@H](N)C(C)C)c1ccccc1.